The van der Waals surface area contributed by atoms with Crippen molar-refractivity contribution in [3.63, 3.8) is 0 Å². The topological polar surface area (TPSA) is 66.7 Å². The van der Waals surface area contributed by atoms with Crippen molar-refractivity contribution in [3.05, 3.63) is 69.5 Å². The summed E-state index contributed by atoms with van der Waals surface area (Å²) in [5.74, 6) is -1.38. The first-order valence-corrected chi connectivity index (χ1v) is 7.49. The minimum atomic E-state index is -0.885. The third-order valence-electron chi connectivity index (χ3n) is 4.07. The summed E-state index contributed by atoms with van der Waals surface area (Å²) >= 11 is 0. The maximum atomic E-state index is 14.2. The number of hydrogen-bond acceptors (Lipinski definition) is 4. The van der Waals surface area contributed by atoms with E-state index in [1.54, 1.807) is 0 Å². The molecule has 6 nitrogen and oxygen atoms in total. The number of carbonyl (C=O) groups is 1. The average Bonchev–Trinajstić information content (AvgIpc) is 2.72. The lowest BCUT2D eigenvalue weighted by Gasteiger charge is -2.23. The Hall–Kier alpha value is -2.80. The first-order valence-electron chi connectivity index (χ1n) is 7.49. The number of non-ortho nitro benzene ring substituents is 1. The Morgan fingerprint density at radius 3 is 2.67 bits per heavy atom. The molecule has 0 bridgehead atoms. The van der Waals surface area contributed by atoms with Crippen molar-refractivity contribution >= 4 is 17.3 Å². The highest BCUT2D eigenvalue weighted by atomic mass is 19.1. The summed E-state index contributed by atoms with van der Waals surface area (Å²) in [4.78, 5) is 26.5. The predicted octanol–water partition coefficient (Wildman–Crippen LogP) is 2.83. The maximum Gasteiger partial charge on any atom is 0.272 e. The summed E-state index contributed by atoms with van der Waals surface area (Å²) < 4.78 is 14.2. The van der Waals surface area contributed by atoms with Gasteiger partial charge in [0, 0.05) is 31.4 Å². The van der Waals surface area contributed by atoms with E-state index in [-0.39, 0.29) is 11.3 Å². The minimum absolute atomic E-state index is 0.167. The molecule has 2 aromatic carbocycles. The van der Waals surface area contributed by atoms with E-state index in [4.69, 9.17) is 0 Å². The first kappa shape index (κ1) is 16.1. The van der Waals surface area contributed by atoms with Crippen molar-refractivity contribution in [2.24, 2.45) is 0 Å². The lowest BCUT2D eigenvalue weighted by Crippen LogP contribution is -2.35. The standard InChI is InChI=1S/C17H16FN3O3/c1-19-8-9-20(16-5-3-2-4-12(16)11-19)17(22)14-7-6-13(21(23)24)10-15(14)18/h2-7,10H,8-9,11H2,1H3. The summed E-state index contributed by atoms with van der Waals surface area (Å²) in [6, 6.07) is 10.6. The second kappa shape index (κ2) is 6.37. The van der Waals surface area contributed by atoms with E-state index in [2.05, 4.69) is 4.90 Å². The van der Waals surface area contributed by atoms with Gasteiger partial charge < -0.3 is 9.80 Å². The van der Waals surface area contributed by atoms with E-state index in [1.165, 1.54) is 11.0 Å². The molecular weight excluding hydrogens is 313 g/mol. The number of para-hydroxylation sites is 1. The fourth-order valence-electron chi connectivity index (χ4n) is 2.82. The zero-order valence-electron chi connectivity index (χ0n) is 13.1. The smallest absolute Gasteiger partial charge is 0.272 e. The minimum Gasteiger partial charge on any atom is -0.307 e. The fraction of sp³-hybridized carbons (Fsp3) is 0.235. The number of nitro groups is 1. The molecule has 1 heterocycles. The van der Waals surface area contributed by atoms with Crippen LogP contribution in [-0.2, 0) is 6.54 Å². The molecular formula is C17H16FN3O3. The molecule has 0 radical (unpaired) electrons. The van der Waals surface area contributed by atoms with Gasteiger partial charge in [-0.25, -0.2) is 4.39 Å². The Morgan fingerprint density at radius 2 is 1.96 bits per heavy atom. The van der Waals surface area contributed by atoms with Crippen LogP contribution in [0, 0.1) is 15.9 Å². The number of nitro benzene ring substituents is 1. The number of fused-ring (bicyclic) bond motifs is 1. The van der Waals surface area contributed by atoms with Gasteiger partial charge in [0.25, 0.3) is 11.6 Å². The molecule has 0 unspecified atom stereocenters. The van der Waals surface area contributed by atoms with Crippen LogP contribution in [-0.4, -0.2) is 35.9 Å². The molecule has 0 aromatic heterocycles. The van der Waals surface area contributed by atoms with Crippen LogP contribution in [0.1, 0.15) is 15.9 Å². The number of anilines is 1. The van der Waals surface area contributed by atoms with Gasteiger partial charge in [0.2, 0.25) is 0 Å². The van der Waals surface area contributed by atoms with Gasteiger partial charge in [-0.1, -0.05) is 18.2 Å². The van der Waals surface area contributed by atoms with Gasteiger partial charge in [-0.2, -0.15) is 0 Å². The molecule has 1 aliphatic rings. The number of benzene rings is 2. The Kier molecular flexibility index (Phi) is 4.26. The van der Waals surface area contributed by atoms with Crippen LogP contribution in [0.5, 0.6) is 0 Å². The van der Waals surface area contributed by atoms with Gasteiger partial charge >= 0.3 is 0 Å². The largest absolute Gasteiger partial charge is 0.307 e. The zero-order chi connectivity index (χ0) is 17.3. The summed E-state index contributed by atoms with van der Waals surface area (Å²) in [5, 5.41) is 10.7. The molecule has 2 aromatic rings. The maximum absolute atomic E-state index is 14.2. The van der Waals surface area contributed by atoms with E-state index in [1.807, 2.05) is 31.3 Å². The van der Waals surface area contributed by atoms with Crippen molar-refractivity contribution < 1.29 is 14.1 Å². The van der Waals surface area contributed by atoms with Gasteiger partial charge in [0.05, 0.1) is 16.6 Å². The average molecular weight is 329 g/mol. The highest BCUT2D eigenvalue weighted by Gasteiger charge is 2.26. The molecule has 0 aliphatic carbocycles. The van der Waals surface area contributed by atoms with E-state index < -0.39 is 16.6 Å². The van der Waals surface area contributed by atoms with Crippen LogP contribution in [0.15, 0.2) is 42.5 Å². The number of halogens is 1. The molecule has 7 heteroatoms. The Bertz CT molecular complexity index is 809. The van der Waals surface area contributed by atoms with Crippen molar-refractivity contribution in [2.75, 3.05) is 25.0 Å². The molecule has 1 amide bonds. The third kappa shape index (κ3) is 2.98. The van der Waals surface area contributed by atoms with Crippen LogP contribution >= 0.6 is 0 Å². The normalized spacial score (nSPS) is 14.8. The van der Waals surface area contributed by atoms with Crippen molar-refractivity contribution in [3.8, 4) is 0 Å². The molecule has 0 fully saturated rings. The lowest BCUT2D eigenvalue weighted by atomic mass is 10.1. The van der Waals surface area contributed by atoms with Crippen molar-refractivity contribution in [2.45, 2.75) is 6.54 Å². The van der Waals surface area contributed by atoms with Crippen LogP contribution in [0.4, 0.5) is 15.8 Å². The van der Waals surface area contributed by atoms with Crippen LogP contribution in [0.3, 0.4) is 0 Å². The number of hydrogen-bond donors (Lipinski definition) is 0. The first-order chi connectivity index (χ1) is 11.5. The van der Waals surface area contributed by atoms with Gasteiger partial charge in [-0.05, 0) is 24.7 Å². The van der Waals surface area contributed by atoms with Crippen molar-refractivity contribution in [1.29, 1.82) is 0 Å². The summed E-state index contributed by atoms with van der Waals surface area (Å²) in [6.45, 7) is 1.76. The quantitative estimate of drug-likeness (QED) is 0.628. The Morgan fingerprint density at radius 1 is 1.21 bits per heavy atom. The van der Waals surface area contributed by atoms with Gasteiger partial charge in [-0.15, -0.1) is 0 Å². The highest BCUT2D eigenvalue weighted by molar-refractivity contribution is 6.06. The second-order valence-electron chi connectivity index (χ2n) is 5.74. The van der Waals surface area contributed by atoms with E-state index >= 15 is 0 Å². The molecule has 0 saturated heterocycles. The van der Waals surface area contributed by atoms with E-state index in [0.717, 1.165) is 23.4 Å². The predicted molar refractivity (Wildman–Crippen MR) is 87.5 cm³/mol. The van der Waals surface area contributed by atoms with E-state index in [0.29, 0.717) is 19.6 Å². The molecule has 0 spiro atoms. The third-order valence-corrected chi connectivity index (χ3v) is 4.07. The van der Waals surface area contributed by atoms with Crippen LogP contribution in [0.2, 0.25) is 0 Å². The fourth-order valence-corrected chi connectivity index (χ4v) is 2.82. The molecule has 124 valence electrons. The highest BCUT2D eigenvalue weighted by Crippen LogP contribution is 2.27. The van der Waals surface area contributed by atoms with Gasteiger partial charge in [-0.3, -0.25) is 14.9 Å². The van der Waals surface area contributed by atoms with Gasteiger partial charge in [0.15, 0.2) is 0 Å². The SMILES string of the molecule is CN1CCN(C(=O)c2ccc([N+](=O)[O-])cc2F)c2ccccc2C1. The summed E-state index contributed by atoms with van der Waals surface area (Å²) in [6.07, 6.45) is 0. The van der Waals surface area contributed by atoms with Crippen LogP contribution < -0.4 is 4.90 Å². The molecule has 0 atom stereocenters. The van der Waals surface area contributed by atoms with E-state index in [9.17, 15) is 19.3 Å². The number of likely N-dealkylation sites (N-methyl/N-ethyl adjacent to an activating group) is 1. The number of nitrogens with zero attached hydrogens (tertiary/aromatic N) is 3. The van der Waals surface area contributed by atoms with Gasteiger partial charge in [0.1, 0.15) is 5.82 Å². The zero-order valence-corrected chi connectivity index (χ0v) is 13.1. The molecule has 0 saturated carbocycles. The van der Waals surface area contributed by atoms with Crippen LogP contribution in [0.25, 0.3) is 0 Å². The summed E-state index contributed by atoms with van der Waals surface area (Å²) in [5.41, 5.74) is 1.18. The number of carbonyl (C=O) groups excluding carboxylic acids is 1. The Balaban J connectivity index is 1.99. The summed E-state index contributed by atoms with van der Waals surface area (Å²) in [7, 11) is 1.96. The molecule has 0 N–H and O–H groups in total. The molecule has 1 aliphatic heterocycles. The molecule has 24 heavy (non-hydrogen) atoms. The second-order valence-corrected chi connectivity index (χ2v) is 5.74. The lowest BCUT2D eigenvalue weighted by molar-refractivity contribution is -0.385. The number of amides is 1. The Labute approximate surface area is 138 Å². The monoisotopic (exact) mass is 329 g/mol. The van der Waals surface area contributed by atoms with Crippen molar-refractivity contribution in [1.82, 2.24) is 4.90 Å². The number of rotatable bonds is 2. The molecule has 3 rings (SSSR count).